The molecule has 1 atom stereocenters. The van der Waals surface area contributed by atoms with E-state index in [-0.39, 0.29) is 17.2 Å². The number of aromatic hydroxyl groups is 1. The van der Waals surface area contributed by atoms with Gasteiger partial charge in [0.05, 0.1) is 19.7 Å². The second-order valence-electron chi connectivity index (χ2n) is 7.26. The normalized spacial score (nSPS) is 12.9. The van der Waals surface area contributed by atoms with E-state index in [4.69, 9.17) is 4.74 Å². The number of benzene rings is 2. The standard InChI is InChI=1S/C19H26N2O3/c1-19(2,3)20-18(23)12-21(4)11-16-15-10-14(24-5)8-6-13(15)7-9-17(16)22/h6-10,22H,11-12H2,1-5H3,(H,20,23)/p+1. The molecule has 5 heteroatoms. The summed E-state index contributed by atoms with van der Waals surface area (Å²) in [7, 11) is 3.57. The monoisotopic (exact) mass is 331 g/mol. The molecule has 0 aromatic heterocycles. The number of likely N-dealkylation sites (N-methyl/N-ethyl adjacent to an activating group) is 1. The molecule has 0 aliphatic rings. The summed E-state index contributed by atoms with van der Waals surface area (Å²) < 4.78 is 5.29. The summed E-state index contributed by atoms with van der Waals surface area (Å²) in [5.41, 5.74) is 0.583. The van der Waals surface area contributed by atoms with Crippen molar-refractivity contribution < 1.29 is 19.5 Å². The molecule has 1 amide bonds. The Kier molecular flexibility index (Phi) is 5.34. The lowest BCUT2D eigenvalue weighted by Gasteiger charge is -2.22. The number of phenols is 1. The third kappa shape index (κ3) is 4.61. The smallest absolute Gasteiger partial charge is 0.275 e. The number of carbonyl (C=O) groups is 1. The average molecular weight is 331 g/mol. The van der Waals surface area contributed by atoms with Gasteiger partial charge in [-0.25, -0.2) is 0 Å². The van der Waals surface area contributed by atoms with Gasteiger partial charge in [0.15, 0.2) is 6.54 Å². The molecule has 0 spiro atoms. The third-order valence-electron chi connectivity index (χ3n) is 3.77. The molecule has 0 saturated heterocycles. The summed E-state index contributed by atoms with van der Waals surface area (Å²) in [6, 6.07) is 9.38. The average Bonchev–Trinajstić information content (AvgIpc) is 2.47. The highest BCUT2D eigenvalue weighted by atomic mass is 16.5. The van der Waals surface area contributed by atoms with Crippen molar-refractivity contribution in [2.75, 3.05) is 20.7 Å². The molecular formula is C19H27N2O3+. The fourth-order valence-corrected chi connectivity index (χ4v) is 2.76. The van der Waals surface area contributed by atoms with Crippen molar-refractivity contribution in [2.45, 2.75) is 32.9 Å². The summed E-state index contributed by atoms with van der Waals surface area (Å²) in [5.74, 6) is 0.987. The van der Waals surface area contributed by atoms with Crippen molar-refractivity contribution in [1.82, 2.24) is 5.32 Å². The Hall–Kier alpha value is -2.27. The van der Waals surface area contributed by atoms with Crippen LogP contribution < -0.4 is 15.0 Å². The summed E-state index contributed by atoms with van der Waals surface area (Å²) in [4.78, 5) is 13.1. The first kappa shape index (κ1) is 18.1. The van der Waals surface area contributed by atoms with Gasteiger partial charge in [0.2, 0.25) is 0 Å². The van der Waals surface area contributed by atoms with Crippen LogP contribution in [0.15, 0.2) is 30.3 Å². The topological polar surface area (TPSA) is 63.0 Å². The lowest BCUT2D eigenvalue weighted by molar-refractivity contribution is -0.885. The minimum atomic E-state index is -0.244. The number of amides is 1. The first-order chi connectivity index (χ1) is 11.2. The summed E-state index contributed by atoms with van der Waals surface area (Å²) in [5, 5.41) is 15.2. The van der Waals surface area contributed by atoms with E-state index in [1.807, 2.05) is 52.1 Å². The summed E-state index contributed by atoms with van der Waals surface area (Å²) in [6.07, 6.45) is 0. The lowest BCUT2D eigenvalue weighted by Crippen LogP contribution is -3.09. The van der Waals surface area contributed by atoms with Crippen LogP contribution in [0.25, 0.3) is 10.8 Å². The molecule has 0 saturated carbocycles. The highest BCUT2D eigenvalue weighted by molar-refractivity contribution is 5.88. The first-order valence-electron chi connectivity index (χ1n) is 8.10. The van der Waals surface area contributed by atoms with Crippen molar-refractivity contribution in [2.24, 2.45) is 0 Å². The van der Waals surface area contributed by atoms with Crippen molar-refractivity contribution in [3.8, 4) is 11.5 Å². The zero-order valence-electron chi connectivity index (χ0n) is 15.1. The van der Waals surface area contributed by atoms with Crippen LogP contribution in [0.2, 0.25) is 0 Å². The number of hydrogen-bond donors (Lipinski definition) is 3. The number of quaternary nitrogens is 1. The molecule has 0 heterocycles. The number of fused-ring (bicyclic) bond motifs is 1. The van der Waals surface area contributed by atoms with Crippen molar-refractivity contribution >= 4 is 16.7 Å². The van der Waals surface area contributed by atoms with Gasteiger partial charge < -0.3 is 20.1 Å². The molecule has 3 N–H and O–H groups in total. The molecule has 130 valence electrons. The molecule has 2 aromatic rings. The zero-order chi connectivity index (χ0) is 17.9. The maximum absolute atomic E-state index is 12.1. The lowest BCUT2D eigenvalue weighted by atomic mass is 10.0. The van der Waals surface area contributed by atoms with E-state index >= 15 is 0 Å². The maximum Gasteiger partial charge on any atom is 0.275 e. The van der Waals surface area contributed by atoms with E-state index in [1.54, 1.807) is 13.2 Å². The molecule has 5 nitrogen and oxygen atoms in total. The Labute approximate surface area is 143 Å². The molecule has 0 fully saturated rings. The van der Waals surface area contributed by atoms with Gasteiger partial charge in [0, 0.05) is 5.54 Å². The molecule has 0 aliphatic carbocycles. The molecule has 2 aromatic carbocycles. The molecule has 2 rings (SSSR count). The predicted molar refractivity (Wildman–Crippen MR) is 95.5 cm³/mol. The number of hydrogen-bond acceptors (Lipinski definition) is 3. The van der Waals surface area contributed by atoms with E-state index in [1.165, 1.54) is 0 Å². The second-order valence-corrected chi connectivity index (χ2v) is 7.26. The predicted octanol–water partition coefficient (Wildman–Crippen LogP) is 1.48. The Morgan fingerprint density at radius 2 is 1.92 bits per heavy atom. The number of nitrogens with one attached hydrogen (secondary N) is 2. The van der Waals surface area contributed by atoms with Gasteiger partial charge in [0.25, 0.3) is 5.91 Å². The van der Waals surface area contributed by atoms with Crippen molar-refractivity contribution in [3.63, 3.8) is 0 Å². The second kappa shape index (κ2) is 7.09. The van der Waals surface area contributed by atoms with Crippen LogP contribution in [0.5, 0.6) is 11.5 Å². The van der Waals surface area contributed by atoms with Crippen LogP contribution in [-0.4, -0.2) is 37.3 Å². The SMILES string of the molecule is COc1ccc2ccc(O)c(C[NH+](C)CC(=O)NC(C)(C)C)c2c1. The maximum atomic E-state index is 12.1. The number of methoxy groups -OCH3 is 1. The minimum absolute atomic E-state index is 0.00249. The van der Waals surface area contributed by atoms with Crippen LogP contribution >= 0.6 is 0 Å². The molecule has 24 heavy (non-hydrogen) atoms. The van der Waals surface area contributed by atoms with Gasteiger partial charge in [-0.05, 0) is 49.7 Å². The van der Waals surface area contributed by atoms with Gasteiger partial charge in [-0.2, -0.15) is 0 Å². The van der Waals surface area contributed by atoms with Crippen LogP contribution in [0, 0.1) is 0 Å². The van der Waals surface area contributed by atoms with E-state index in [9.17, 15) is 9.90 Å². The van der Waals surface area contributed by atoms with Gasteiger partial charge in [0.1, 0.15) is 18.0 Å². The van der Waals surface area contributed by atoms with E-state index in [0.29, 0.717) is 13.1 Å². The number of rotatable bonds is 5. The van der Waals surface area contributed by atoms with Gasteiger partial charge in [-0.15, -0.1) is 0 Å². The van der Waals surface area contributed by atoms with E-state index in [2.05, 4.69) is 5.32 Å². The summed E-state index contributed by atoms with van der Waals surface area (Å²) in [6.45, 7) is 6.78. The molecule has 0 radical (unpaired) electrons. The first-order valence-corrected chi connectivity index (χ1v) is 8.10. The highest BCUT2D eigenvalue weighted by Crippen LogP contribution is 2.29. The van der Waals surface area contributed by atoms with Gasteiger partial charge in [-0.3, -0.25) is 4.79 Å². The largest absolute Gasteiger partial charge is 0.507 e. The zero-order valence-corrected chi connectivity index (χ0v) is 15.1. The Morgan fingerprint density at radius 3 is 2.54 bits per heavy atom. The Morgan fingerprint density at radius 1 is 1.25 bits per heavy atom. The number of phenolic OH excluding ortho intramolecular Hbond substituents is 1. The number of carbonyl (C=O) groups excluding carboxylic acids is 1. The molecular weight excluding hydrogens is 304 g/mol. The summed E-state index contributed by atoms with van der Waals surface area (Å²) >= 11 is 0. The molecule has 1 unspecified atom stereocenters. The molecule has 0 aliphatic heterocycles. The van der Waals surface area contributed by atoms with Crippen LogP contribution in [0.3, 0.4) is 0 Å². The van der Waals surface area contributed by atoms with Crippen LogP contribution in [0.4, 0.5) is 0 Å². The number of ether oxygens (including phenoxy) is 1. The third-order valence-corrected chi connectivity index (χ3v) is 3.77. The van der Waals surface area contributed by atoms with E-state index < -0.39 is 0 Å². The minimum Gasteiger partial charge on any atom is -0.507 e. The fourth-order valence-electron chi connectivity index (χ4n) is 2.76. The van der Waals surface area contributed by atoms with Crippen LogP contribution in [0.1, 0.15) is 26.3 Å². The van der Waals surface area contributed by atoms with Crippen molar-refractivity contribution in [3.05, 3.63) is 35.9 Å². The van der Waals surface area contributed by atoms with E-state index in [0.717, 1.165) is 27.0 Å². The van der Waals surface area contributed by atoms with Gasteiger partial charge in [-0.1, -0.05) is 12.1 Å². The van der Waals surface area contributed by atoms with Crippen LogP contribution in [-0.2, 0) is 11.3 Å². The Bertz CT molecular complexity index is 735. The Balaban J connectivity index is 2.22. The quantitative estimate of drug-likeness (QED) is 0.778. The van der Waals surface area contributed by atoms with Crippen molar-refractivity contribution in [1.29, 1.82) is 0 Å². The highest BCUT2D eigenvalue weighted by Gasteiger charge is 2.19. The van der Waals surface area contributed by atoms with Gasteiger partial charge >= 0.3 is 0 Å². The molecule has 0 bridgehead atoms. The fraction of sp³-hybridized carbons (Fsp3) is 0.421.